The minimum Gasteiger partial charge on any atom is -0.393 e. The summed E-state index contributed by atoms with van der Waals surface area (Å²) in [7, 11) is 0. The van der Waals surface area contributed by atoms with E-state index < -0.39 is 0 Å². The van der Waals surface area contributed by atoms with E-state index in [1.165, 1.54) is 57.8 Å². The van der Waals surface area contributed by atoms with Crippen molar-refractivity contribution < 1.29 is 5.11 Å². The van der Waals surface area contributed by atoms with Gasteiger partial charge in [0.25, 0.3) is 0 Å². The molecule has 3 fully saturated rings. The summed E-state index contributed by atoms with van der Waals surface area (Å²) in [6, 6.07) is 0. The van der Waals surface area contributed by atoms with Gasteiger partial charge >= 0.3 is 0 Å². The number of aliphatic hydroxyl groups is 1. The predicted octanol–water partition coefficient (Wildman–Crippen LogP) is 4.39. The van der Waals surface area contributed by atoms with Crippen LogP contribution in [-0.2, 0) is 0 Å². The van der Waals surface area contributed by atoms with Crippen LogP contribution in [-0.4, -0.2) is 11.2 Å². The Morgan fingerprint density at radius 3 is 2.50 bits per heavy atom. The second-order valence-electron chi connectivity index (χ2n) is 7.35. The van der Waals surface area contributed by atoms with Crippen LogP contribution >= 0.6 is 0 Å². The fraction of sp³-hybridized carbons (Fsp3) is 1.00. The van der Waals surface area contributed by atoms with Gasteiger partial charge in [0, 0.05) is 0 Å². The predicted molar refractivity (Wildman–Crippen MR) is 75.3 cm³/mol. The number of aliphatic hydroxyl groups excluding tert-OH is 1. The fourth-order valence-corrected chi connectivity index (χ4v) is 5.40. The lowest BCUT2D eigenvalue weighted by Gasteiger charge is -2.36. The van der Waals surface area contributed by atoms with Crippen LogP contribution in [0.2, 0.25) is 0 Å². The van der Waals surface area contributed by atoms with Gasteiger partial charge in [-0.1, -0.05) is 39.0 Å². The van der Waals surface area contributed by atoms with Crippen LogP contribution in [0.15, 0.2) is 0 Å². The van der Waals surface area contributed by atoms with Crippen molar-refractivity contribution >= 4 is 0 Å². The molecule has 3 saturated carbocycles. The molecular weight excluding hydrogens is 220 g/mol. The van der Waals surface area contributed by atoms with Gasteiger partial charge in [-0.15, -0.1) is 0 Å². The van der Waals surface area contributed by atoms with E-state index in [1.807, 2.05) is 0 Å². The van der Waals surface area contributed by atoms with Crippen LogP contribution in [0, 0.1) is 29.6 Å². The summed E-state index contributed by atoms with van der Waals surface area (Å²) in [5.74, 6) is 4.32. The third-order valence-electron chi connectivity index (χ3n) is 6.42. The van der Waals surface area contributed by atoms with Crippen LogP contribution < -0.4 is 0 Å². The molecule has 1 heteroatoms. The molecule has 3 aliphatic rings. The van der Waals surface area contributed by atoms with Gasteiger partial charge in [0.15, 0.2) is 0 Å². The quantitative estimate of drug-likeness (QED) is 0.784. The Bertz CT molecular complexity index is 275. The smallest absolute Gasteiger partial charge is 0.0573 e. The molecule has 6 atom stereocenters. The molecule has 2 bridgehead atoms. The minimum atomic E-state index is 0.0135. The van der Waals surface area contributed by atoms with Crippen molar-refractivity contribution in [2.24, 2.45) is 29.6 Å². The zero-order chi connectivity index (χ0) is 12.5. The van der Waals surface area contributed by atoms with E-state index in [0.717, 1.165) is 30.1 Å². The second-order valence-corrected chi connectivity index (χ2v) is 7.35. The van der Waals surface area contributed by atoms with Crippen molar-refractivity contribution in [3.05, 3.63) is 0 Å². The Morgan fingerprint density at radius 1 is 1.00 bits per heavy atom. The molecule has 0 radical (unpaired) electrons. The molecule has 0 amide bonds. The summed E-state index contributed by atoms with van der Waals surface area (Å²) in [5, 5.41) is 10.7. The molecule has 3 rings (SSSR count). The first-order chi connectivity index (χ1) is 8.78. The van der Waals surface area contributed by atoms with Gasteiger partial charge in [-0.25, -0.2) is 0 Å². The highest BCUT2D eigenvalue weighted by atomic mass is 16.3. The fourth-order valence-electron chi connectivity index (χ4n) is 5.40. The molecule has 3 aliphatic carbocycles. The molecule has 0 aromatic rings. The van der Waals surface area contributed by atoms with Gasteiger partial charge in [0.05, 0.1) is 6.10 Å². The largest absolute Gasteiger partial charge is 0.393 e. The van der Waals surface area contributed by atoms with Crippen molar-refractivity contribution in [2.75, 3.05) is 0 Å². The Labute approximate surface area is 112 Å². The molecule has 18 heavy (non-hydrogen) atoms. The summed E-state index contributed by atoms with van der Waals surface area (Å²) >= 11 is 0. The van der Waals surface area contributed by atoms with Crippen LogP contribution in [0.25, 0.3) is 0 Å². The summed E-state index contributed by atoms with van der Waals surface area (Å²) in [5.41, 5.74) is 0. The van der Waals surface area contributed by atoms with Crippen molar-refractivity contribution in [3.8, 4) is 0 Å². The average Bonchev–Trinajstić information content (AvgIpc) is 3.01. The van der Waals surface area contributed by atoms with Crippen molar-refractivity contribution in [3.63, 3.8) is 0 Å². The van der Waals surface area contributed by atoms with Crippen molar-refractivity contribution in [2.45, 2.75) is 77.2 Å². The van der Waals surface area contributed by atoms with E-state index in [-0.39, 0.29) is 6.10 Å². The minimum absolute atomic E-state index is 0.0135. The van der Waals surface area contributed by atoms with E-state index in [0.29, 0.717) is 5.92 Å². The lowest BCUT2D eigenvalue weighted by molar-refractivity contribution is 0.0219. The van der Waals surface area contributed by atoms with E-state index in [2.05, 4.69) is 6.92 Å². The number of hydrogen-bond acceptors (Lipinski definition) is 1. The van der Waals surface area contributed by atoms with Gasteiger partial charge in [-0.05, 0) is 61.7 Å². The summed E-state index contributed by atoms with van der Waals surface area (Å²) in [6.45, 7) is 2.31. The number of fused-ring (bicyclic) bond motifs is 2. The van der Waals surface area contributed by atoms with Crippen LogP contribution in [0.1, 0.15) is 71.1 Å². The molecule has 0 aliphatic heterocycles. The highest BCUT2D eigenvalue weighted by Gasteiger charge is 2.41. The first-order valence-corrected chi connectivity index (χ1v) is 8.46. The highest BCUT2D eigenvalue weighted by Crippen LogP contribution is 2.50. The van der Waals surface area contributed by atoms with Gasteiger partial charge in [-0.3, -0.25) is 0 Å². The molecule has 1 nitrogen and oxygen atoms in total. The lowest BCUT2D eigenvalue weighted by Crippen LogP contribution is -2.33. The molecule has 104 valence electrons. The van der Waals surface area contributed by atoms with Gasteiger partial charge < -0.3 is 5.11 Å². The van der Waals surface area contributed by atoms with Crippen molar-refractivity contribution in [1.29, 1.82) is 0 Å². The van der Waals surface area contributed by atoms with Crippen LogP contribution in [0.3, 0.4) is 0 Å². The van der Waals surface area contributed by atoms with Gasteiger partial charge in [0.1, 0.15) is 0 Å². The monoisotopic (exact) mass is 250 g/mol. The SMILES string of the molecule is CCC1CCCCC1C(O)CC1CC2CCC1C2. The molecule has 1 N–H and O–H groups in total. The van der Waals surface area contributed by atoms with E-state index >= 15 is 0 Å². The maximum atomic E-state index is 10.7. The van der Waals surface area contributed by atoms with Gasteiger partial charge in [-0.2, -0.15) is 0 Å². The summed E-state index contributed by atoms with van der Waals surface area (Å²) < 4.78 is 0. The Morgan fingerprint density at radius 2 is 1.83 bits per heavy atom. The third-order valence-corrected chi connectivity index (χ3v) is 6.42. The maximum Gasteiger partial charge on any atom is 0.0573 e. The molecule has 0 spiro atoms. The first-order valence-electron chi connectivity index (χ1n) is 8.46. The molecule has 0 saturated heterocycles. The molecular formula is C17H30O. The van der Waals surface area contributed by atoms with Crippen molar-refractivity contribution in [1.82, 2.24) is 0 Å². The zero-order valence-corrected chi connectivity index (χ0v) is 12.0. The summed E-state index contributed by atoms with van der Waals surface area (Å²) in [6.07, 6.45) is 13.7. The van der Waals surface area contributed by atoms with E-state index in [9.17, 15) is 5.11 Å². The molecule has 0 aromatic carbocycles. The normalized spacial score (nSPS) is 45.3. The highest BCUT2D eigenvalue weighted by molar-refractivity contribution is 4.92. The molecule has 0 heterocycles. The first kappa shape index (κ1) is 13.0. The molecule has 0 aromatic heterocycles. The average molecular weight is 250 g/mol. The summed E-state index contributed by atoms with van der Waals surface area (Å²) in [4.78, 5) is 0. The Balaban J connectivity index is 1.55. The lowest BCUT2D eigenvalue weighted by atomic mass is 9.72. The van der Waals surface area contributed by atoms with Crippen LogP contribution in [0.4, 0.5) is 0 Å². The maximum absolute atomic E-state index is 10.7. The van der Waals surface area contributed by atoms with E-state index in [1.54, 1.807) is 0 Å². The third kappa shape index (κ3) is 2.48. The molecule has 6 unspecified atom stereocenters. The zero-order valence-electron chi connectivity index (χ0n) is 12.0. The van der Waals surface area contributed by atoms with Gasteiger partial charge in [0.2, 0.25) is 0 Å². The van der Waals surface area contributed by atoms with Crippen LogP contribution in [0.5, 0.6) is 0 Å². The Hall–Kier alpha value is -0.0400. The number of hydrogen-bond donors (Lipinski definition) is 1. The second kappa shape index (κ2) is 5.53. The number of rotatable bonds is 4. The topological polar surface area (TPSA) is 20.2 Å². The Kier molecular flexibility index (Phi) is 3.98. The standard InChI is InChI=1S/C17H30O/c1-2-13-5-3-4-6-16(13)17(18)11-15-10-12-7-8-14(15)9-12/h12-18H,2-11H2,1H3. The van der Waals surface area contributed by atoms with E-state index in [4.69, 9.17) is 0 Å².